The van der Waals surface area contributed by atoms with Gasteiger partial charge < -0.3 is 13.9 Å². The highest BCUT2D eigenvalue weighted by molar-refractivity contribution is 9.10. The van der Waals surface area contributed by atoms with Gasteiger partial charge in [-0.05, 0) is 36.2 Å². The second-order valence-electron chi connectivity index (χ2n) is 6.84. The number of furan rings is 1. The number of ketones is 2. The molecule has 1 saturated heterocycles. The molecular weight excluding hydrogens is 438 g/mol. The fourth-order valence-corrected chi connectivity index (χ4v) is 4.12. The molecule has 0 aliphatic carbocycles. The molecular formula is C21H18BrN3O4. The van der Waals surface area contributed by atoms with Crippen molar-refractivity contribution in [3.05, 3.63) is 77.2 Å². The van der Waals surface area contributed by atoms with Crippen LogP contribution in [0.3, 0.4) is 0 Å². The smallest absolute Gasteiger partial charge is 0.291 e. The van der Waals surface area contributed by atoms with Gasteiger partial charge in [0.05, 0.1) is 18.6 Å². The summed E-state index contributed by atoms with van der Waals surface area (Å²) in [7, 11) is 0. The van der Waals surface area contributed by atoms with Gasteiger partial charge >= 0.3 is 0 Å². The van der Waals surface area contributed by atoms with Crippen molar-refractivity contribution in [3.8, 4) is 0 Å². The molecule has 1 amide bonds. The molecule has 3 heterocycles. The van der Waals surface area contributed by atoms with Gasteiger partial charge in [-0.3, -0.25) is 14.4 Å². The minimum Gasteiger partial charge on any atom is -0.461 e. The zero-order valence-corrected chi connectivity index (χ0v) is 17.0. The quantitative estimate of drug-likeness (QED) is 0.310. The number of carbonyl (C=O) groups is 3. The van der Waals surface area contributed by atoms with Crippen molar-refractivity contribution in [2.45, 2.75) is 19.0 Å². The van der Waals surface area contributed by atoms with Crippen LogP contribution in [0, 0.1) is 5.92 Å². The lowest BCUT2D eigenvalue weighted by atomic mass is 9.88. The fraction of sp³-hybridized carbons (Fsp3) is 0.238. The van der Waals surface area contributed by atoms with Crippen LogP contribution in [-0.4, -0.2) is 38.5 Å². The molecule has 1 aliphatic heterocycles. The third-order valence-corrected chi connectivity index (χ3v) is 5.51. The van der Waals surface area contributed by atoms with Gasteiger partial charge in [-0.25, -0.2) is 4.98 Å². The van der Waals surface area contributed by atoms with Crippen molar-refractivity contribution in [2.75, 3.05) is 6.54 Å². The summed E-state index contributed by atoms with van der Waals surface area (Å²) in [5, 5.41) is 0. The molecule has 4 rings (SSSR count). The van der Waals surface area contributed by atoms with Crippen molar-refractivity contribution >= 4 is 33.4 Å². The Morgan fingerprint density at radius 1 is 1.17 bits per heavy atom. The summed E-state index contributed by atoms with van der Waals surface area (Å²) in [6.07, 6.45) is 7.23. The van der Waals surface area contributed by atoms with Crippen LogP contribution in [0.1, 0.15) is 28.6 Å². The van der Waals surface area contributed by atoms with Gasteiger partial charge in [-0.2, -0.15) is 0 Å². The Hall–Kier alpha value is -3.00. The Morgan fingerprint density at radius 2 is 2.03 bits per heavy atom. The van der Waals surface area contributed by atoms with Crippen molar-refractivity contribution in [1.29, 1.82) is 0 Å². The molecule has 8 heteroatoms. The number of Topliss-reactive ketones (excluding diaryl/α,β-unsaturated/α-hetero) is 2. The van der Waals surface area contributed by atoms with Gasteiger partial charge in [0.1, 0.15) is 5.92 Å². The van der Waals surface area contributed by atoms with Gasteiger partial charge in [0.15, 0.2) is 5.76 Å². The molecule has 1 aromatic carbocycles. The Morgan fingerprint density at radius 3 is 2.72 bits per heavy atom. The zero-order chi connectivity index (χ0) is 20.4. The average Bonchev–Trinajstić information content (AvgIpc) is 3.46. The molecule has 0 saturated carbocycles. The molecule has 1 fully saturated rings. The molecule has 1 aliphatic rings. The maximum atomic E-state index is 13.0. The Balaban J connectivity index is 1.65. The van der Waals surface area contributed by atoms with E-state index in [9.17, 15) is 14.4 Å². The number of hydrogen-bond acceptors (Lipinski definition) is 5. The number of hydrogen-bond donors (Lipinski definition) is 0. The Kier molecular flexibility index (Phi) is 5.44. The number of likely N-dealkylation sites (tertiary alicyclic amines) is 1. The van der Waals surface area contributed by atoms with Crippen molar-refractivity contribution in [3.63, 3.8) is 0 Å². The molecule has 2 atom stereocenters. The normalized spacial score (nSPS) is 19.1. The van der Waals surface area contributed by atoms with Gasteiger partial charge in [-0.1, -0.05) is 28.1 Å². The number of amides is 1. The van der Waals surface area contributed by atoms with Crippen LogP contribution in [0.15, 0.2) is 70.3 Å². The lowest BCUT2D eigenvalue weighted by Crippen LogP contribution is -2.32. The third-order valence-electron chi connectivity index (χ3n) is 5.02. The van der Waals surface area contributed by atoms with Crippen molar-refractivity contribution in [1.82, 2.24) is 14.5 Å². The second-order valence-corrected chi connectivity index (χ2v) is 7.75. The Labute approximate surface area is 175 Å². The van der Waals surface area contributed by atoms with Crippen molar-refractivity contribution < 1.29 is 18.8 Å². The van der Waals surface area contributed by atoms with E-state index in [4.69, 9.17) is 4.42 Å². The number of benzene rings is 1. The number of halogens is 1. The number of carbonyl (C=O) groups excluding carboxylic acids is 3. The fourth-order valence-electron chi connectivity index (χ4n) is 3.70. The molecule has 0 N–H and O–H groups in total. The van der Waals surface area contributed by atoms with Crippen LogP contribution in [0.25, 0.3) is 0 Å². The summed E-state index contributed by atoms with van der Waals surface area (Å²) in [6, 6.07) is 9.77. The SMILES string of the molecule is O=C1C(=O)N(CCCn2ccnc2)C(c2cccc(Br)c2)C1C(=O)c1ccco1. The predicted molar refractivity (Wildman–Crippen MR) is 107 cm³/mol. The highest BCUT2D eigenvalue weighted by atomic mass is 79.9. The molecule has 2 unspecified atom stereocenters. The Bertz CT molecular complexity index is 1030. The molecule has 2 aromatic heterocycles. The monoisotopic (exact) mass is 455 g/mol. The molecule has 148 valence electrons. The van der Waals surface area contributed by atoms with E-state index >= 15 is 0 Å². The first-order valence-corrected chi connectivity index (χ1v) is 9.99. The van der Waals surface area contributed by atoms with E-state index in [-0.39, 0.29) is 5.76 Å². The van der Waals surface area contributed by atoms with Crippen LogP contribution in [0.2, 0.25) is 0 Å². The second kappa shape index (κ2) is 8.16. The summed E-state index contributed by atoms with van der Waals surface area (Å²) < 4.78 is 7.93. The van der Waals surface area contributed by atoms with Gasteiger partial charge in [0, 0.05) is 30.0 Å². The molecule has 3 aromatic rings. The number of aryl methyl sites for hydroxylation is 1. The zero-order valence-electron chi connectivity index (χ0n) is 15.4. The average molecular weight is 456 g/mol. The van der Waals surface area contributed by atoms with Crippen molar-refractivity contribution in [2.24, 2.45) is 5.92 Å². The summed E-state index contributed by atoms with van der Waals surface area (Å²) >= 11 is 3.43. The van der Waals surface area contributed by atoms with Crippen LogP contribution in [0.4, 0.5) is 0 Å². The number of aromatic nitrogens is 2. The van der Waals surface area contributed by atoms with E-state index in [1.807, 2.05) is 35.0 Å². The molecule has 0 bridgehead atoms. The first kappa shape index (κ1) is 19.3. The maximum absolute atomic E-state index is 13.0. The van der Waals surface area contributed by atoms with Crippen LogP contribution in [0.5, 0.6) is 0 Å². The van der Waals surface area contributed by atoms with Crippen LogP contribution in [-0.2, 0) is 16.1 Å². The number of nitrogens with zero attached hydrogens (tertiary/aromatic N) is 3. The number of rotatable bonds is 7. The van der Waals surface area contributed by atoms with E-state index in [0.717, 1.165) is 10.0 Å². The molecule has 29 heavy (non-hydrogen) atoms. The summed E-state index contributed by atoms with van der Waals surface area (Å²) in [5.74, 6) is -2.85. The topological polar surface area (TPSA) is 85.4 Å². The summed E-state index contributed by atoms with van der Waals surface area (Å²) in [6.45, 7) is 1.00. The molecule has 0 radical (unpaired) electrons. The first-order valence-electron chi connectivity index (χ1n) is 9.20. The maximum Gasteiger partial charge on any atom is 0.291 e. The highest BCUT2D eigenvalue weighted by Crippen LogP contribution is 2.39. The summed E-state index contributed by atoms with van der Waals surface area (Å²) in [4.78, 5) is 44.2. The van der Waals surface area contributed by atoms with E-state index in [1.165, 1.54) is 17.2 Å². The molecule has 7 nitrogen and oxygen atoms in total. The molecule has 0 spiro atoms. The van der Waals surface area contributed by atoms with Gasteiger partial charge in [0.25, 0.3) is 5.91 Å². The third kappa shape index (κ3) is 3.80. The van der Waals surface area contributed by atoms with E-state index in [2.05, 4.69) is 20.9 Å². The van der Waals surface area contributed by atoms with E-state index in [0.29, 0.717) is 19.5 Å². The first-order chi connectivity index (χ1) is 14.1. The minimum absolute atomic E-state index is 0.0800. The van der Waals surface area contributed by atoms with E-state index in [1.54, 1.807) is 18.6 Å². The van der Waals surface area contributed by atoms with Gasteiger partial charge in [0.2, 0.25) is 11.6 Å². The predicted octanol–water partition coefficient (Wildman–Crippen LogP) is 3.28. The van der Waals surface area contributed by atoms with Gasteiger partial charge in [-0.15, -0.1) is 0 Å². The minimum atomic E-state index is -1.13. The largest absolute Gasteiger partial charge is 0.461 e. The lowest BCUT2D eigenvalue weighted by Gasteiger charge is -2.27. The highest BCUT2D eigenvalue weighted by Gasteiger charge is 2.52. The van der Waals surface area contributed by atoms with Crippen LogP contribution < -0.4 is 0 Å². The van der Waals surface area contributed by atoms with E-state index < -0.39 is 29.4 Å². The lowest BCUT2D eigenvalue weighted by molar-refractivity contribution is -0.140. The van der Waals surface area contributed by atoms with Crippen LogP contribution >= 0.6 is 15.9 Å². The number of imidazole rings is 1. The summed E-state index contributed by atoms with van der Waals surface area (Å²) in [5.41, 5.74) is 0.728. The standard InChI is InChI=1S/C21H18BrN3O4/c22-15-5-1-4-14(12-15)18-17(19(26)16-6-2-11-29-16)20(27)21(28)25(18)9-3-8-24-10-7-23-13-24/h1-2,4-7,10-13,17-18H,3,8-9H2.